The van der Waals surface area contributed by atoms with E-state index in [1.54, 1.807) is 0 Å². The predicted octanol–water partition coefficient (Wildman–Crippen LogP) is 3.26. The smallest absolute Gasteiger partial charge is 0.230 e. The van der Waals surface area contributed by atoms with E-state index in [1.165, 1.54) is 37.5 Å². The molecule has 1 aromatic rings. The predicted molar refractivity (Wildman–Crippen MR) is 85.3 cm³/mol. The van der Waals surface area contributed by atoms with Crippen LogP contribution >= 0.6 is 11.3 Å². The number of carbonyl (C=O) groups is 2. The van der Waals surface area contributed by atoms with Gasteiger partial charge in [-0.15, -0.1) is 11.3 Å². The number of aromatic nitrogens is 1. The number of ketones is 1. The summed E-state index contributed by atoms with van der Waals surface area (Å²) < 4.78 is 0. The molecule has 4 nitrogen and oxygen atoms in total. The molecule has 0 aromatic carbocycles. The van der Waals surface area contributed by atoms with Gasteiger partial charge in [-0.3, -0.25) is 9.59 Å². The Kier molecular flexibility index (Phi) is 8.90. The first-order valence-corrected chi connectivity index (χ1v) is 8.59. The molecule has 1 aromatic heterocycles. The second kappa shape index (κ2) is 10.5. The van der Waals surface area contributed by atoms with Gasteiger partial charge in [0.05, 0.1) is 12.1 Å². The van der Waals surface area contributed by atoms with Crippen molar-refractivity contribution in [1.82, 2.24) is 9.88 Å². The average molecular weight is 309 g/mol. The first-order chi connectivity index (χ1) is 10.1. The fourth-order valence-electron chi connectivity index (χ4n) is 2.16. The normalized spacial score (nSPS) is 10.6. The van der Waals surface area contributed by atoms with Gasteiger partial charge >= 0.3 is 0 Å². The SMILES string of the molecule is CCCCCCCN(CCc1cs[c]n1)C(=O)CC(C)=O. The summed E-state index contributed by atoms with van der Waals surface area (Å²) in [4.78, 5) is 29.2. The summed E-state index contributed by atoms with van der Waals surface area (Å²) >= 11 is 1.44. The molecule has 1 heterocycles. The summed E-state index contributed by atoms with van der Waals surface area (Å²) in [5.41, 5.74) is 3.78. The van der Waals surface area contributed by atoms with E-state index in [1.807, 2.05) is 10.3 Å². The standard InChI is InChI=1S/C16H25N2O2S/c1-3-4-5-6-7-9-18(16(20)11-14(2)19)10-8-15-12-21-13-17-15/h12H,3-11H2,1-2H3. The molecule has 0 aliphatic carbocycles. The molecule has 1 rings (SSSR count). The summed E-state index contributed by atoms with van der Waals surface area (Å²) in [7, 11) is 0. The molecule has 117 valence electrons. The van der Waals surface area contributed by atoms with Crippen molar-refractivity contribution in [1.29, 1.82) is 0 Å². The minimum Gasteiger partial charge on any atom is -0.342 e. The highest BCUT2D eigenvalue weighted by molar-refractivity contribution is 7.07. The zero-order valence-electron chi connectivity index (χ0n) is 13.1. The van der Waals surface area contributed by atoms with Crippen LogP contribution in [-0.2, 0) is 16.0 Å². The zero-order chi connectivity index (χ0) is 15.5. The van der Waals surface area contributed by atoms with Gasteiger partial charge in [0, 0.05) is 24.9 Å². The quantitative estimate of drug-likeness (QED) is 0.465. The van der Waals surface area contributed by atoms with Gasteiger partial charge in [0.15, 0.2) is 5.51 Å². The number of unbranched alkanes of at least 4 members (excludes halogenated alkanes) is 4. The van der Waals surface area contributed by atoms with Gasteiger partial charge in [0.2, 0.25) is 5.91 Å². The molecule has 0 bridgehead atoms. The van der Waals surface area contributed by atoms with Crippen LogP contribution in [0.4, 0.5) is 0 Å². The lowest BCUT2D eigenvalue weighted by Crippen LogP contribution is -2.34. The number of Topliss-reactive ketones (excluding diaryl/α,β-unsaturated/α-hetero) is 1. The maximum absolute atomic E-state index is 12.1. The van der Waals surface area contributed by atoms with Crippen molar-refractivity contribution >= 4 is 23.0 Å². The fourth-order valence-corrected chi connectivity index (χ4v) is 2.69. The van der Waals surface area contributed by atoms with Crippen LogP contribution in [0.3, 0.4) is 0 Å². The molecular formula is C16H25N2O2S. The van der Waals surface area contributed by atoms with Crippen LogP contribution in [-0.4, -0.2) is 34.7 Å². The molecule has 0 aliphatic rings. The van der Waals surface area contributed by atoms with E-state index < -0.39 is 0 Å². The van der Waals surface area contributed by atoms with E-state index >= 15 is 0 Å². The maximum Gasteiger partial charge on any atom is 0.230 e. The highest BCUT2D eigenvalue weighted by Crippen LogP contribution is 2.08. The van der Waals surface area contributed by atoms with Crippen molar-refractivity contribution in [3.63, 3.8) is 0 Å². The second-order valence-electron chi connectivity index (χ2n) is 5.35. The lowest BCUT2D eigenvalue weighted by atomic mass is 10.1. The molecular weight excluding hydrogens is 284 g/mol. The Labute approximate surface area is 131 Å². The third kappa shape index (κ3) is 7.95. The van der Waals surface area contributed by atoms with Gasteiger partial charge in [-0.2, -0.15) is 0 Å². The lowest BCUT2D eigenvalue weighted by molar-refractivity contribution is -0.134. The highest BCUT2D eigenvalue weighted by atomic mass is 32.1. The summed E-state index contributed by atoms with van der Waals surface area (Å²) in [5.74, 6) is -0.129. The molecule has 0 N–H and O–H groups in total. The zero-order valence-corrected chi connectivity index (χ0v) is 13.9. The Balaban J connectivity index is 2.40. The molecule has 0 fully saturated rings. The molecule has 0 spiro atoms. The van der Waals surface area contributed by atoms with Crippen LogP contribution in [0.2, 0.25) is 0 Å². The van der Waals surface area contributed by atoms with Crippen LogP contribution in [0.5, 0.6) is 0 Å². The number of nitrogens with zero attached hydrogens (tertiary/aromatic N) is 2. The van der Waals surface area contributed by atoms with Crippen molar-refractivity contribution < 1.29 is 9.59 Å². The maximum atomic E-state index is 12.1. The summed E-state index contributed by atoms with van der Waals surface area (Å²) in [6.45, 7) is 5.03. The largest absolute Gasteiger partial charge is 0.342 e. The molecule has 0 aliphatic heterocycles. The summed E-state index contributed by atoms with van der Waals surface area (Å²) in [5, 5.41) is 1.95. The van der Waals surface area contributed by atoms with E-state index in [2.05, 4.69) is 17.4 Å². The molecule has 1 radical (unpaired) electrons. The average Bonchev–Trinajstić information content (AvgIpc) is 2.94. The van der Waals surface area contributed by atoms with Crippen molar-refractivity contribution in [3.8, 4) is 0 Å². The lowest BCUT2D eigenvalue weighted by Gasteiger charge is -2.22. The molecule has 1 amide bonds. The molecule has 5 heteroatoms. The Bertz CT molecular complexity index is 418. The Morgan fingerprint density at radius 3 is 2.62 bits per heavy atom. The molecule has 21 heavy (non-hydrogen) atoms. The topological polar surface area (TPSA) is 50.3 Å². The molecule has 0 unspecified atom stereocenters. The van der Waals surface area contributed by atoms with Gasteiger partial charge in [-0.25, -0.2) is 4.98 Å². The molecule has 0 atom stereocenters. The monoisotopic (exact) mass is 309 g/mol. The Hall–Kier alpha value is -1.23. The van der Waals surface area contributed by atoms with Crippen LogP contribution in [0.25, 0.3) is 0 Å². The van der Waals surface area contributed by atoms with Crippen LogP contribution < -0.4 is 0 Å². The third-order valence-electron chi connectivity index (χ3n) is 3.36. The van der Waals surface area contributed by atoms with Crippen LogP contribution in [0.1, 0.15) is 58.1 Å². The van der Waals surface area contributed by atoms with Gasteiger partial charge in [-0.1, -0.05) is 32.6 Å². The fraction of sp³-hybridized carbons (Fsp3) is 0.688. The van der Waals surface area contributed by atoms with Crippen LogP contribution in [0, 0.1) is 5.51 Å². The van der Waals surface area contributed by atoms with Gasteiger partial charge < -0.3 is 4.90 Å². The molecule has 0 saturated heterocycles. The first kappa shape index (κ1) is 17.8. The second-order valence-corrected chi connectivity index (χ2v) is 6.01. The van der Waals surface area contributed by atoms with Gasteiger partial charge in [-0.05, 0) is 13.3 Å². The number of hydrogen-bond donors (Lipinski definition) is 0. The minimum absolute atomic E-state index is 0.0121. The summed E-state index contributed by atoms with van der Waals surface area (Å²) in [6.07, 6.45) is 6.57. The van der Waals surface area contributed by atoms with E-state index in [-0.39, 0.29) is 18.1 Å². The van der Waals surface area contributed by atoms with Crippen molar-refractivity contribution in [2.75, 3.05) is 13.1 Å². The number of hydrogen-bond acceptors (Lipinski definition) is 4. The van der Waals surface area contributed by atoms with E-state index in [4.69, 9.17) is 0 Å². The van der Waals surface area contributed by atoms with Crippen LogP contribution in [0.15, 0.2) is 5.38 Å². The summed E-state index contributed by atoms with van der Waals surface area (Å²) in [6, 6.07) is 0. The Morgan fingerprint density at radius 1 is 1.24 bits per heavy atom. The third-order valence-corrected chi connectivity index (χ3v) is 3.95. The number of rotatable bonds is 11. The molecule has 0 saturated carbocycles. The van der Waals surface area contributed by atoms with Gasteiger partial charge in [0.25, 0.3) is 0 Å². The highest BCUT2D eigenvalue weighted by Gasteiger charge is 2.15. The van der Waals surface area contributed by atoms with E-state index in [0.717, 1.165) is 31.5 Å². The van der Waals surface area contributed by atoms with Crippen molar-refractivity contribution in [2.24, 2.45) is 0 Å². The number of carbonyl (C=O) groups excluding carboxylic acids is 2. The van der Waals surface area contributed by atoms with Gasteiger partial charge in [0.1, 0.15) is 5.78 Å². The minimum atomic E-state index is -0.0713. The first-order valence-electron chi connectivity index (χ1n) is 7.71. The van der Waals surface area contributed by atoms with Crippen molar-refractivity contribution in [3.05, 3.63) is 16.6 Å². The van der Waals surface area contributed by atoms with E-state index in [9.17, 15) is 9.59 Å². The number of thiazole rings is 1. The van der Waals surface area contributed by atoms with E-state index in [0.29, 0.717) is 6.54 Å². The Morgan fingerprint density at radius 2 is 2.00 bits per heavy atom. The van der Waals surface area contributed by atoms with Crippen molar-refractivity contribution in [2.45, 2.75) is 58.8 Å². The number of amides is 1.